The molecule has 2 aromatic carbocycles. The quantitative estimate of drug-likeness (QED) is 0.509. The van der Waals surface area contributed by atoms with Gasteiger partial charge in [-0.1, -0.05) is 24.3 Å². The maximum Gasteiger partial charge on any atom is 0.0671 e. The number of nitrogens with two attached hydrogens (primary N) is 2. The minimum Gasteiger partial charge on any atom is -0.399 e. The predicted molar refractivity (Wildman–Crippen MR) is 86.1 cm³/mol. The normalized spacial score (nSPS) is 12.5. The Bertz CT molecular complexity index is 578. The summed E-state index contributed by atoms with van der Waals surface area (Å²) in [6, 6.07) is 15.1. The van der Waals surface area contributed by atoms with Gasteiger partial charge in [0.1, 0.15) is 0 Å². The van der Waals surface area contributed by atoms with Gasteiger partial charge in [0.15, 0.2) is 0 Å². The van der Waals surface area contributed by atoms with Gasteiger partial charge < -0.3 is 11.5 Å². The average molecular weight is 266 g/mol. The molecule has 0 aliphatic heterocycles. The number of nitrogen functional groups attached to an aromatic ring is 2. The first-order chi connectivity index (χ1) is 9.56. The molecule has 2 aromatic rings. The summed E-state index contributed by atoms with van der Waals surface area (Å²) in [6.07, 6.45) is 0. The number of anilines is 2. The predicted octanol–water partition coefficient (Wildman–Crippen LogP) is 3.08. The summed E-state index contributed by atoms with van der Waals surface area (Å²) < 4.78 is 0. The molecule has 102 valence electrons. The molecule has 0 atom stereocenters. The monoisotopic (exact) mass is 266 g/mol. The standard InChI is InChI=1S/C16H18N4/c1-11(13-3-7-15(17)8-4-13)19-20-12(2)14-5-9-16(18)10-6-14/h3-10H,17-18H2,1-2H3/b19-11+,20-12?. The lowest BCUT2D eigenvalue weighted by Crippen LogP contribution is -1.97. The van der Waals surface area contributed by atoms with Crippen molar-refractivity contribution in [1.82, 2.24) is 0 Å². The van der Waals surface area contributed by atoms with Crippen molar-refractivity contribution in [1.29, 1.82) is 0 Å². The molecule has 0 radical (unpaired) electrons. The van der Waals surface area contributed by atoms with Gasteiger partial charge in [0.05, 0.1) is 11.4 Å². The fourth-order valence-electron chi connectivity index (χ4n) is 1.71. The van der Waals surface area contributed by atoms with Crippen LogP contribution in [0.2, 0.25) is 0 Å². The van der Waals surface area contributed by atoms with Crippen molar-refractivity contribution in [2.75, 3.05) is 11.5 Å². The van der Waals surface area contributed by atoms with E-state index < -0.39 is 0 Å². The number of rotatable bonds is 3. The zero-order valence-corrected chi connectivity index (χ0v) is 11.7. The summed E-state index contributed by atoms with van der Waals surface area (Å²) in [6.45, 7) is 3.84. The highest BCUT2D eigenvalue weighted by atomic mass is 15.2. The third-order valence-electron chi connectivity index (χ3n) is 3.01. The molecule has 4 heteroatoms. The Labute approximate surface area is 118 Å². The van der Waals surface area contributed by atoms with E-state index in [9.17, 15) is 0 Å². The van der Waals surface area contributed by atoms with Crippen molar-refractivity contribution in [2.24, 2.45) is 10.2 Å². The van der Waals surface area contributed by atoms with Crippen LogP contribution in [0.25, 0.3) is 0 Å². The molecule has 0 aromatic heterocycles. The van der Waals surface area contributed by atoms with Crippen LogP contribution in [0, 0.1) is 0 Å². The number of hydrogen-bond acceptors (Lipinski definition) is 4. The molecule has 0 aliphatic carbocycles. The maximum atomic E-state index is 5.66. The van der Waals surface area contributed by atoms with Crippen molar-refractivity contribution >= 4 is 22.8 Å². The van der Waals surface area contributed by atoms with Gasteiger partial charge in [-0.15, -0.1) is 0 Å². The lowest BCUT2D eigenvalue weighted by molar-refractivity contribution is 1.22. The van der Waals surface area contributed by atoms with Gasteiger partial charge in [-0.25, -0.2) is 0 Å². The molecule has 0 bridgehead atoms. The van der Waals surface area contributed by atoms with Crippen molar-refractivity contribution in [3.63, 3.8) is 0 Å². The van der Waals surface area contributed by atoms with Gasteiger partial charge in [0.2, 0.25) is 0 Å². The van der Waals surface area contributed by atoms with Gasteiger partial charge >= 0.3 is 0 Å². The molecule has 4 N–H and O–H groups in total. The Morgan fingerprint density at radius 2 is 0.950 bits per heavy atom. The van der Waals surface area contributed by atoms with Crippen LogP contribution < -0.4 is 11.5 Å². The highest BCUT2D eigenvalue weighted by Crippen LogP contribution is 2.09. The molecule has 4 nitrogen and oxygen atoms in total. The lowest BCUT2D eigenvalue weighted by atomic mass is 10.1. The second kappa shape index (κ2) is 6.02. The molecule has 0 unspecified atom stereocenters. The van der Waals surface area contributed by atoms with Crippen molar-refractivity contribution in [3.05, 3.63) is 59.7 Å². The summed E-state index contributed by atoms with van der Waals surface area (Å²) in [4.78, 5) is 0. The highest BCUT2D eigenvalue weighted by molar-refractivity contribution is 6.01. The summed E-state index contributed by atoms with van der Waals surface area (Å²) in [5, 5.41) is 8.51. The molecular formula is C16H18N4. The van der Waals surface area contributed by atoms with Crippen molar-refractivity contribution in [3.8, 4) is 0 Å². The summed E-state index contributed by atoms with van der Waals surface area (Å²) in [7, 11) is 0. The largest absolute Gasteiger partial charge is 0.399 e. The molecule has 0 saturated carbocycles. The molecule has 0 heterocycles. The van der Waals surface area contributed by atoms with Gasteiger partial charge in [-0.2, -0.15) is 10.2 Å². The number of benzene rings is 2. The zero-order chi connectivity index (χ0) is 14.5. The lowest BCUT2D eigenvalue weighted by Gasteiger charge is -2.01. The van der Waals surface area contributed by atoms with Crippen LogP contribution in [-0.2, 0) is 0 Å². The molecular weight excluding hydrogens is 248 g/mol. The van der Waals surface area contributed by atoms with Crippen LogP contribution in [0.1, 0.15) is 25.0 Å². The van der Waals surface area contributed by atoms with E-state index in [1.54, 1.807) is 0 Å². The molecule has 0 amide bonds. The minimum atomic E-state index is 0.739. The van der Waals surface area contributed by atoms with Gasteiger partial charge in [-0.3, -0.25) is 0 Å². The molecule has 0 saturated heterocycles. The first-order valence-corrected chi connectivity index (χ1v) is 6.37. The van der Waals surface area contributed by atoms with Crippen LogP contribution in [-0.4, -0.2) is 11.4 Å². The van der Waals surface area contributed by atoms with Crippen molar-refractivity contribution < 1.29 is 0 Å². The van der Waals surface area contributed by atoms with Gasteiger partial charge in [0, 0.05) is 11.4 Å². The topological polar surface area (TPSA) is 76.8 Å². The van der Waals surface area contributed by atoms with E-state index in [4.69, 9.17) is 11.5 Å². The fourth-order valence-corrected chi connectivity index (χ4v) is 1.71. The van der Waals surface area contributed by atoms with E-state index in [1.807, 2.05) is 62.4 Å². The second-order valence-electron chi connectivity index (χ2n) is 4.61. The Morgan fingerprint density at radius 1 is 0.650 bits per heavy atom. The van der Waals surface area contributed by atoms with E-state index in [0.717, 1.165) is 33.9 Å². The van der Waals surface area contributed by atoms with E-state index in [2.05, 4.69) is 10.2 Å². The molecule has 2 rings (SSSR count). The van der Waals surface area contributed by atoms with Gasteiger partial charge in [0.25, 0.3) is 0 Å². The smallest absolute Gasteiger partial charge is 0.0671 e. The first kappa shape index (κ1) is 13.8. The van der Waals surface area contributed by atoms with E-state index in [1.165, 1.54) is 0 Å². The SMILES string of the molecule is CC(=N/N=C(\C)c1ccc(N)cc1)c1ccc(N)cc1. The van der Waals surface area contributed by atoms with Crippen LogP contribution in [0.4, 0.5) is 11.4 Å². The van der Waals surface area contributed by atoms with Crippen molar-refractivity contribution in [2.45, 2.75) is 13.8 Å². The summed E-state index contributed by atoms with van der Waals surface area (Å²) >= 11 is 0. The Kier molecular flexibility index (Phi) is 4.15. The fraction of sp³-hybridized carbons (Fsp3) is 0.125. The van der Waals surface area contributed by atoms with E-state index >= 15 is 0 Å². The first-order valence-electron chi connectivity index (χ1n) is 6.37. The Morgan fingerprint density at radius 3 is 1.25 bits per heavy atom. The Balaban J connectivity index is 2.19. The Hall–Kier alpha value is -2.62. The molecule has 20 heavy (non-hydrogen) atoms. The molecule has 0 aliphatic rings. The van der Waals surface area contributed by atoms with Crippen LogP contribution in [0.3, 0.4) is 0 Å². The van der Waals surface area contributed by atoms with Gasteiger partial charge in [-0.05, 0) is 49.2 Å². The average Bonchev–Trinajstić information content (AvgIpc) is 2.46. The molecule has 0 spiro atoms. The summed E-state index contributed by atoms with van der Waals surface area (Å²) in [5.41, 5.74) is 16.5. The van der Waals surface area contributed by atoms with E-state index in [-0.39, 0.29) is 0 Å². The highest BCUT2D eigenvalue weighted by Gasteiger charge is 1.99. The third-order valence-corrected chi connectivity index (χ3v) is 3.01. The second-order valence-corrected chi connectivity index (χ2v) is 4.61. The number of nitrogens with zero attached hydrogens (tertiary/aromatic N) is 2. The van der Waals surface area contributed by atoms with Crippen LogP contribution in [0.15, 0.2) is 58.7 Å². The maximum absolute atomic E-state index is 5.66. The minimum absolute atomic E-state index is 0.739. The van der Waals surface area contributed by atoms with Crippen LogP contribution in [0.5, 0.6) is 0 Å². The third kappa shape index (κ3) is 3.45. The zero-order valence-electron chi connectivity index (χ0n) is 11.7. The van der Waals surface area contributed by atoms with Crippen LogP contribution >= 0.6 is 0 Å². The number of hydrogen-bond donors (Lipinski definition) is 2. The van der Waals surface area contributed by atoms with E-state index in [0.29, 0.717) is 0 Å². The summed E-state index contributed by atoms with van der Waals surface area (Å²) in [5.74, 6) is 0. The molecule has 0 fully saturated rings.